The van der Waals surface area contributed by atoms with Crippen molar-refractivity contribution in [3.8, 4) is 5.69 Å². The van der Waals surface area contributed by atoms with Gasteiger partial charge in [-0.3, -0.25) is 9.69 Å². The van der Waals surface area contributed by atoms with Crippen LogP contribution in [0.5, 0.6) is 0 Å². The van der Waals surface area contributed by atoms with Crippen LogP contribution in [0.3, 0.4) is 0 Å². The number of carbonyl (C=O) groups excluding carboxylic acids is 1. The molecular weight excluding hydrogens is 350 g/mol. The van der Waals surface area contributed by atoms with Crippen LogP contribution >= 0.6 is 0 Å². The summed E-state index contributed by atoms with van der Waals surface area (Å²) in [5.41, 5.74) is 3.62. The highest BCUT2D eigenvalue weighted by atomic mass is 16.2. The van der Waals surface area contributed by atoms with Crippen molar-refractivity contribution in [1.29, 1.82) is 0 Å². The van der Waals surface area contributed by atoms with Crippen molar-refractivity contribution in [3.05, 3.63) is 47.8 Å². The molecule has 0 unspecified atom stereocenters. The number of nitrogens with one attached hydrogen (secondary N) is 1. The Balaban J connectivity index is 1.41. The molecule has 28 heavy (non-hydrogen) atoms. The van der Waals surface area contributed by atoms with Crippen molar-refractivity contribution in [1.82, 2.24) is 24.9 Å². The van der Waals surface area contributed by atoms with Crippen LogP contribution in [-0.2, 0) is 11.3 Å². The van der Waals surface area contributed by atoms with E-state index in [0.29, 0.717) is 12.0 Å². The number of hydrogen-bond acceptors (Lipinski definition) is 4. The van der Waals surface area contributed by atoms with E-state index in [9.17, 15) is 4.79 Å². The van der Waals surface area contributed by atoms with Gasteiger partial charge in [0.15, 0.2) is 0 Å². The lowest BCUT2D eigenvalue weighted by Gasteiger charge is -2.33. The van der Waals surface area contributed by atoms with Gasteiger partial charge in [-0.1, -0.05) is 12.1 Å². The highest BCUT2D eigenvalue weighted by molar-refractivity contribution is 5.82. The zero-order valence-electron chi connectivity index (χ0n) is 17.2. The Morgan fingerprint density at radius 3 is 2.89 bits per heavy atom. The molecule has 1 N–H and O–H groups in total. The van der Waals surface area contributed by atoms with E-state index < -0.39 is 0 Å². The minimum atomic E-state index is -0.00471. The first-order valence-corrected chi connectivity index (χ1v) is 10.2. The maximum Gasteiger partial charge on any atom is 0.239 e. The number of likely N-dealkylation sites (tertiary alicyclic amines) is 1. The van der Waals surface area contributed by atoms with E-state index in [1.807, 2.05) is 41.2 Å². The molecule has 0 aliphatic carbocycles. The molecule has 1 amide bonds. The molecule has 1 atom stereocenters. The number of benzene rings is 1. The van der Waals surface area contributed by atoms with Crippen molar-refractivity contribution in [2.45, 2.75) is 38.8 Å². The summed E-state index contributed by atoms with van der Waals surface area (Å²) in [6, 6.07) is 8.26. The molecule has 4 rings (SSSR count). The Morgan fingerprint density at radius 1 is 1.36 bits per heavy atom. The summed E-state index contributed by atoms with van der Waals surface area (Å²) in [7, 11) is 4.01. The highest BCUT2D eigenvalue weighted by Crippen LogP contribution is 2.41. The van der Waals surface area contributed by atoms with E-state index in [1.165, 1.54) is 18.4 Å². The average molecular weight is 382 g/mol. The number of likely N-dealkylation sites (N-methyl/N-ethyl adjacent to an activating group) is 2. The van der Waals surface area contributed by atoms with Crippen molar-refractivity contribution in [2.24, 2.45) is 5.41 Å². The summed E-state index contributed by atoms with van der Waals surface area (Å²) < 4.78 is 1.88. The van der Waals surface area contributed by atoms with Gasteiger partial charge in [0, 0.05) is 31.9 Å². The molecule has 6 heteroatoms. The predicted molar refractivity (Wildman–Crippen MR) is 110 cm³/mol. The number of nitrogens with zero attached hydrogens (tertiary/aromatic N) is 4. The average Bonchev–Trinajstić information content (AvgIpc) is 3.26. The van der Waals surface area contributed by atoms with Crippen molar-refractivity contribution in [2.75, 3.05) is 33.7 Å². The van der Waals surface area contributed by atoms with Crippen molar-refractivity contribution >= 4 is 5.91 Å². The number of carbonyl (C=O) groups is 1. The molecule has 3 heterocycles. The Labute approximate surface area is 167 Å². The zero-order chi connectivity index (χ0) is 19.7. The topological polar surface area (TPSA) is 53.4 Å². The van der Waals surface area contributed by atoms with Crippen LogP contribution in [0, 0.1) is 12.3 Å². The number of amides is 1. The fraction of sp³-hybridized carbons (Fsp3) is 0.545. The van der Waals surface area contributed by atoms with E-state index >= 15 is 0 Å². The van der Waals surface area contributed by atoms with Crippen LogP contribution < -0.4 is 5.32 Å². The van der Waals surface area contributed by atoms with Gasteiger partial charge in [-0.05, 0) is 69.4 Å². The molecule has 2 aliphatic rings. The zero-order valence-corrected chi connectivity index (χ0v) is 17.2. The summed E-state index contributed by atoms with van der Waals surface area (Å²) in [6.07, 6.45) is 7.21. The van der Waals surface area contributed by atoms with Gasteiger partial charge in [-0.25, -0.2) is 4.68 Å². The van der Waals surface area contributed by atoms with Gasteiger partial charge < -0.3 is 10.2 Å². The molecule has 2 aliphatic heterocycles. The SMILES string of the molecule is Cc1cccc(-n2cc(CN(C)C(=O)[C@H]3CC4(CCNCC4)CN3C)cn2)c1. The molecule has 2 fully saturated rings. The first kappa shape index (κ1) is 19.2. The predicted octanol–water partition coefficient (Wildman–Crippen LogP) is 2.21. The largest absolute Gasteiger partial charge is 0.340 e. The number of aryl methyl sites for hydroxylation is 1. The molecule has 0 radical (unpaired) electrons. The summed E-state index contributed by atoms with van der Waals surface area (Å²) in [4.78, 5) is 17.3. The molecule has 6 nitrogen and oxygen atoms in total. The lowest BCUT2D eigenvalue weighted by molar-refractivity contribution is -0.134. The number of aromatic nitrogens is 2. The third-order valence-electron chi connectivity index (χ3n) is 6.39. The second kappa shape index (κ2) is 7.68. The fourth-order valence-corrected chi connectivity index (χ4v) is 4.82. The minimum absolute atomic E-state index is 0.00471. The summed E-state index contributed by atoms with van der Waals surface area (Å²) in [5.74, 6) is 0.223. The maximum absolute atomic E-state index is 13.1. The smallest absolute Gasteiger partial charge is 0.239 e. The van der Waals surface area contributed by atoms with Gasteiger partial charge in [0.25, 0.3) is 0 Å². The Kier molecular flexibility index (Phi) is 5.25. The summed E-state index contributed by atoms with van der Waals surface area (Å²) in [6.45, 7) is 5.84. The number of rotatable bonds is 4. The van der Waals surface area contributed by atoms with Gasteiger partial charge in [-0.2, -0.15) is 5.10 Å². The van der Waals surface area contributed by atoms with E-state index in [1.54, 1.807) is 0 Å². The Hall–Kier alpha value is -2.18. The Morgan fingerprint density at radius 2 is 2.14 bits per heavy atom. The lowest BCUT2D eigenvalue weighted by atomic mass is 9.77. The Bertz CT molecular complexity index is 839. The molecule has 150 valence electrons. The third kappa shape index (κ3) is 3.84. The van der Waals surface area contributed by atoms with Crippen LogP contribution in [0.4, 0.5) is 0 Å². The normalized spacial score (nSPS) is 21.9. The fourth-order valence-electron chi connectivity index (χ4n) is 4.82. The molecule has 2 saturated heterocycles. The quantitative estimate of drug-likeness (QED) is 0.882. The molecule has 1 spiro atoms. The van der Waals surface area contributed by atoms with E-state index in [-0.39, 0.29) is 11.9 Å². The minimum Gasteiger partial charge on any atom is -0.340 e. The lowest BCUT2D eigenvalue weighted by Crippen LogP contribution is -2.42. The second-order valence-corrected chi connectivity index (χ2v) is 8.71. The highest BCUT2D eigenvalue weighted by Gasteiger charge is 2.46. The van der Waals surface area contributed by atoms with E-state index in [2.05, 4.69) is 41.4 Å². The summed E-state index contributed by atoms with van der Waals surface area (Å²) in [5, 5.41) is 7.93. The van der Waals surface area contributed by atoms with Gasteiger partial charge >= 0.3 is 0 Å². The van der Waals surface area contributed by atoms with Crippen LogP contribution in [0.1, 0.15) is 30.4 Å². The monoisotopic (exact) mass is 381 g/mol. The molecule has 0 saturated carbocycles. The van der Waals surface area contributed by atoms with Gasteiger partial charge in [0.05, 0.1) is 17.9 Å². The third-order valence-corrected chi connectivity index (χ3v) is 6.39. The van der Waals surface area contributed by atoms with Crippen LogP contribution in [0.15, 0.2) is 36.7 Å². The van der Waals surface area contributed by atoms with E-state index in [0.717, 1.165) is 37.3 Å². The standard InChI is InChI=1S/C22H31N5O/c1-17-5-4-6-19(11-17)27-15-18(13-24-27)14-25(2)21(28)20-12-22(16-26(20)3)7-9-23-10-8-22/h4-6,11,13,15,20,23H,7-10,12,14,16H2,1-3H3/t20-/m1/s1. The first-order valence-electron chi connectivity index (χ1n) is 10.2. The number of hydrogen-bond donors (Lipinski definition) is 1. The van der Waals surface area contributed by atoms with Crippen LogP contribution in [-0.4, -0.2) is 65.3 Å². The summed E-state index contributed by atoms with van der Waals surface area (Å²) >= 11 is 0. The van der Waals surface area contributed by atoms with Crippen molar-refractivity contribution < 1.29 is 4.79 Å². The van der Waals surface area contributed by atoms with E-state index in [4.69, 9.17) is 0 Å². The molecule has 1 aromatic heterocycles. The first-order chi connectivity index (χ1) is 13.5. The van der Waals surface area contributed by atoms with Gasteiger partial charge in [-0.15, -0.1) is 0 Å². The molecule has 0 bridgehead atoms. The van der Waals surface area contributed by atoms with Crippen molar-refractivity contribution in [3.63, 3.8) is 0 Å². The van der Waals surface area contributed by atoms with Crippen LogP contribution in [0.2, 0.25) is 0 Å². The van der Waals surface area contributed by atoms with Gasteiger partial charge in [0.2, 0.25) is 5.91 Å². The molecule has 2 aromatic rings. The number of piperidine rings is 1. The second-order valence-electron chi connectivity index (χ2n) is 8.71. The van der Waals surface area contributed by atoms with Gasteiger partial charge in [0.1, 0.15) is 0 Å². The molecular formula is C22H31N5O. The molecule has 1 aromatic carbocycles. The maximum atomic E-state index is 13.1. The van der Waals surface area contributed by atoms with Crippen LogP contribution in [0.25, 0.3) is 5.69 Å².